The number of nitrogens with one attached hydrogen (secondary N) is 2. The molecule has 4 N–H and O–H groups in total. The molecule has 4 rings (SSSR count). The van der Waals surface area contributed by atoms with Crippen molar-refractivity contribution in [1.29, 1.82) is 5.41 Å². The fourth-order valence-electron chi connectivity index (χ4n) is 4.03. The molecule has 0 radical (unpaired) electrons. The molecule has 2 aromatic rings. The summed E-state index contributed by atoms with van der Waals surface area (Å²) in [6.07, 6.45) is 3.63. The number of carbonyl (C=O) groups excluding carboxylic acids is 1. The molecule has 1 aromatic carbocycles. The van der Waals surface area contributed by atoms with Crippen LogP contribution in [-0.4, -0.2) is 66.4 Å². The lowest BCUT2D eigenvalue weighted by Gasteiger charge is -2.40. The number of carbonyl (C=O) groups is 1. The van der Waals surface area contributed by atoms with E-state index in [2.05, 4.69) is 22.0 Å². The molecule has 2 saturated heterocycles. The van der Waals surface area contributed by atoms with Gasteiger partial charge in [-0.3, -0.25) is 10.7 Å². The third-order valence-electron chi connectivity index (χ3n) is 6.39. The van der Waals surface area contributed by atoms with Crippen molar-refractivity contribution in [2.75, 3.05) is 37.8 Å². The minimum Gasteiger partial charge on any atom is -0.444 e. The Kier molecular flexibility index (Phi) is 8.60. The smallest absolute Gasteiger partial charge is 0.414 e. The van der Waals surface area contributed by atoms with Crippen LogP contribution < -0.4 is 16.0 Å². The maximum absolute atomic E-state index is 15.1. The average molecular weight is 544 g/mol. The summed E-state index contributed by atoms with van der Waals surface area (Å²) >= 11 is 0. The van der Waals surface area contributed by atoms with Gasteiger partial charge >= 0.3 is 6.09 Å². The maximum Gasteiger partial charge on any atom is 0.414 e. The molecule has 13 heteroatoms. The molecule has 0 saturated carbocycles. The Bertz CT molecular complexity index is 1200. The highest BCUT2D eigenvalue weighted by Crippen LogP contribution is 2.30. The topological polar surface area (TPSA) is 157 Å². The number of nitrogens with zero attached hydrogens (tertiary/aromatic N) is 4. The molecular weight excluding hydrogens is 509 g/mol. The van der Waals surface area contributed by atoms with E-state index in [1.54, 1.807) is 24.5 Å². The van der Waals surface area contributed by atoms with Crippen LogP contribution >= 0.6 is 0 Å². The van der Waals surface area contributed by atoms with E-state index in [4.69, 9.17) is 30.2 Å². The fourth-order valence-corrected chi connectivity index (χ4v) is 4.03. The molecule has 1 amide bonds. The van der Waals surface area contributed by atoms with E-state index >= 15 is 4.39 Å². The van der Waals surface area contributed by atoms with Crippen molar-refractivity contribution in [3.05, 3.63) is 42.0 Å². The monoisotopic (exact) mass is 543 g/mol. The van der Waals surface area contributed by atoms with Crippen molar-refractivity contribution in [2.45, 2.75) is 46.0 Å². The summed E-state index contributed by atoms with van der Waals surface area (Å²) in [5.74, 6) is -1.13. The number of oxime groups is 1. The molecule has 0 unspecified atom stereocenters. The zero-order valence-electron chi connectivity index (χ0n) is 22.3. The molecule has 1 aromatic heterocycles. The number of benzene rings is 1. The number of guanidine groups is 1. The Hall–Kier alpha value is -3.84. The van der Waals surface area contributed by atoms with E-state index in [-0.39, 0.29) is 23.1 Å². The molecular formula is C26H34FN7O5. The van der Waals surface area contributed by atoms with E-state index in [9.17, 15) is 4.79 Å². The largest absolute Gasteiger partial charge is 0.444 e. The first-order valence-electron chi connectivity index (χ1n) is 12.6. The van der Waals surface area contributed by atoms with Crippen molar-refractivity contribution in [2.24, 2.45) is 16.3 Å². The standard InChI is InChI=1S/C26H34FN7O5/c1-25(2)37-14-26(3,15-38-25)16-39-33-19-7-9-34(10-8-19)23-30-11-18(12-31-23)20-6-4-5-17(21(20)27)13-36-24(35)32-22(28)29/h4-6,11-12H,7-10,13-16H2,1-3H3,(H4,28,29,32,35). The highest BCUT2D eigenvalue weighted by molar-refractivity contribution is 5.90. The molecule has 0 atom stereocenters. The van der Waals surface area contributed by atoms with Gasteiger partial charge in [0.25, 0.3) is 0 Å². The number of rotatable bonds is 7. The number of aromatic nitrogens is 2. The van der Waals surface area contributed by atoms with Gasteiger partial charge in [0.2, 0.25) is 5.95 Å². The SMILES string of the molecule is CC1(CON=C2CCN(c3ncc(-c4cccc(COC(=O)NC(=N)N)c4F)cn3)CC2)COC(C)(C)OC1. The Morgan fingerprint density at radius 3 is 2.51 bits per heavy atom. The van der Waals surface area contributed by atoms with Gasteiger partial charge in [0, 0.05) is 55.0 Å². The maximum atomic E-state index is 15.1. The molecule has 2 aliphatic rings. The lowest BCUT2D eigenvalue weighted by Crippen LogP contribution is -2.47. The van der Waals surface area contributed by atoms with Crippen molar-refractivity contribution in [3.8, 4) is 11.1 Å². The first kappa shape index (κ1) is 28.2. The van der Waals surface area contributed by atoms with Crippen LogP contribution in [-0.2, 0) is 25.7 Å². The van der Waals surface area contributed by atoms with Crippen molar-refractivity contribution in [3.63, 3.8) is 0 Å². The summed E-state index contributed by atoms with van der Waals surface area (Å²) in [7, 11) is 0. The Morgan fingerprint density at radius 2 is 1.87 bits per heavy atom. The van der Waals surface area contributed by atoms with Crippen LogP contribution in [0.3, 0.4) is 0 Å². The molecule has 2 fully saturated rings. The number of amides is 1. The van der Waals surface area contributed by atoms with Gasteiger partial charge in [0.1, 0.15) is 19.0 Å². The summed E-state index contributed by atoms with van der Waals surface area (Å²) in [5.41, 5.74) is 6.76. The number of alkyl carbamates (subject to hydrolysis) is 1. The number of piperidine rings is 1. The van der Waals surface area contributed by atoms with Crippen molar-refractivity contribution in [1.82, 2.24) is 15.3 Å². The lowest BCUT2D eigenvalue weighted by atomic mass is 9.93. The molecule has 0 aliphatic carbocycles. The van der Waals surface area contributed by atoms with Crippen LogP contribution in [0.1, 0.15) is 39.2 Å². The number of anilines is 1. The van der Waals surface area contributed by atoms with E-state index in [1.165, 1.54) is 6.07 Å². The highest BCUT2D eigenvalue weighted by Gasteiger charge is 2.37. The van der Waals surface area contributed by atoms with Crippen LogP contribution in [0.2, 0.25) is 0 Å². The molecule has 3 heterocycles. The van der Waals surface area contributed by atoms with Crippen LogP contribution in [0.5, 0.6) is 0 Å². The van der Waals surface area contributed by atoms with E-state index in [1.807, 2.05) is 24.1 Å². The second-order valence-corrected chi connectivity index (χ2v) is 10.4. The second-order valence-electron chi connectivity index (χ2n) is 10.4. The molecule has 12 nitrogen and oxygen atoms in total. The summed E-state index contributed by atoms with van der Waals surface area (Å²) in [6, 6.07) is 4.75. The summed E-state index contributed by atoms with van der Waals surface area (Å²) in [4.78, 5) is 28.1. The minimum atomic E-state index is -0.937. The summed E-state index contributed by atoms with van der Waals surface area (Å²) < 4.78 is 31.5. The highest BCUT2D eigenvalue weighted by atomic mass is 19.1. The van der Waals surface area contributed by atoms with Crippen LogP contribution in [0.15, 0.2) is 35.7 Å². The van der Waals surface area contributed by atoms with Gasteiger partial charge in [-0.15, -0.1) is 0 Å². The first-order valence-corrected chi connectivity index (χ1v) is 12.6. The van der Waals surface area contributed by atoms with Gasteiger partial charge < -0.3 is 29.7 Å². The molecule has 0 spiro atoms. The third-order valence-corrected chi connectivity index (χ3v) is 6.39. The summed E-state index contributed by atoms with van der Waals surface area (Å²) in [6.45, 7) is 8.40. The number of hydrogen-bond donors (Lipinski definition) is 3. The van der Waals surface area contributed by atoms with E-state index < -0.39 is 23.7 Å². The quantitative estimate of drug-likeness (QED) is 0.271. The number of ether oxygens (including phenoxy) is 3. The number of hydrogen-bond acceptors (Lipinski definition) is 10. The fraction of sp³-hybridized carbons (Fsp3) is 0.500. The van der Waals surface area contributed by atoms with Gasteiger partial charge in [0.15, 0.2) is 11.7 Å². The predicted molar refractivity (Wildman–Crippen MR) is 142 cm³/mol. The van der Waals surface area contributed by atoms with E-state index in [0.717, 1.165) is 18.6 Å². The first-order chi connectivity index (χ1) is 18.5. The molecule has 210 valence electrons. The second kappa shape index (κ2) is 11.9. The van der Waals surface area contributed by atoms with Crippen molar-refractivity contribution < 1.29 is 28.2 Å². The Labute approximate surface area is 226 Å². The van der Waals surface area contributed by atoms with Crippen molar-refractivity contribution >= 4 is 23.7 Å². The van der Waals surface area contributed by atoms with Crippen LogP contribution in [0.25, 0.3) is 11.1 Å². The molecule has 0 bridgehead atoms. The predicted octanol–water partition coefficient (Wildman–Crippen LogP) is 3.16. The number of halogens is 1. The van der Waals surface area contributed by atoms with E-state index in [0.29, 0.717) is 44.4 Å². The average Bonchev–Trinajstić information content (AvgIpc) is 2.90. The Balaban J connectivity index is 1.29. The van der Waals surface area contributed by atoms with Gasteiger partial charge in [0.05, 0.1) is 24.3 Å². The number of nitrogens with two attached hydrogens (primary N) is 1. The van der Waals surface area contributed by atoms with Gasteiger partial charge in [-0.1, -0.05) is 30.3 Å². The minimum absolute atomic E-state index is 0.168. The van der Waals surface area contributed by atoms with Gasteiger partial charge in [-0.05, 0) is 13.8 Å². The zero-order valence-corrected chi connectivity index (χ0v) is 22.3. The van der Waals surface area contributed by atoms with Gasteiger partial charge in [-0.2, -0.15) is 0 Å². The third kappa shape index (κ3) is 7.60. The zero-order chi connectivity index (χ0) is 28.0. The molecule has 2 aliphatic heterocycles. The van der Waals surface area contributed by atoms with Gasteiger partial charge in [-0.25, -0.2) is 19.2 Å². The lowest BCUT2D eigenvalue weighted by molar-refractivity contribution is -0.288. The Morgan fingerprint density at radius 1 is 1.21 bits per heavy atom. The normalized spacial score (nSPS) is 18.3. The molecule has 39 heavy (non-hydrogen) atoms. The summed E-state index contributed by atoms with van der Waals surface area (Å²) in [5, 5.41) is 13.4. The van der Waals surface area contributed by atoms with Crippen LogP contribution in [0, 0.1) is 16.6 Å². The van der Waals surface area contributed by atoms with Crippen LogP contribution in [0.4, 0.5) is 15.1 Å².